The lowest BCUT2D eigenvalue weighted by molar-refractivity contribution is -0.129. The van der Waals surface area contributed by atoms with E-state index in [0.29, 0.717) is 18.1 Å². The fourth-order valence-electron chi connectivity index (χ4n) is 4.76. The van der Waals surface area contributed by atoms with Crippen LogP contribution in [0.1, 0.15) is 30.6 Å². The van der Waals surface area contributed by atoms with E-state index in [0.717, 1.165) is 19.5 Å². The van der Waals surface area contributed by atoms with Crippen molar-refractivity contribution in [3.63, 3.8) is 0 Å². The Bertz CT molecular complexity index is 629. The third-order valence-electron chi connectivity index (χ3n) is 5.62. The average molecular weight is 330 g/mol. The first-order chi connectivity index (χ1) is 11.4. The maximum absolute atomic E-state index is 12.5. The van der Waals surface area contributed by atoms with Crippen molar-refractivity contribution in [2.45, 2.75) is 20.3 Å². The molecule has 1 aromatic rings. The van der Waals surface area contributed by atoms with Crippen LogP contribution in [0.15, 0.2) is 30.3 Å². The number of amides is 2. The minimum atomic E-state index is -0.210. The Morgan fingerprint density at radius 3 is 2.62 bits per heavy atom. The Hall–Kier alpha value is -1.88. The maximum Gasteiger partial charge on any atom is 0.251 e. The van der Waals surface area contributed by atoms with E-state index in [9.17, 15) is 9.59 Å². The number of hydrogen-bond donors (Lipinski definition) is 1. The van der Waals surface area contributed by atoms with Crippen LogP contribution in [0.3, 0.4) is 0 Å². The molecule has 1 aromatic carbocycles. The Morgan fingerprint density at radius 2 is 2.00 bits per heavy atom. The van der Waals surface area contributed by atoms with E-state index >= 15 is 0 Å². The van der Waals surface area contributed by atoms with Crippen LogP contribution in [-0.2, 0) is 9.53 Å². The lowest BCUT2D eigenvalue weighted by atomic mass is 9.48. The number of ether oxygens (including phenoxy) is 1. The topological polar surface area (TPSA) is 58.6 Å². The van der Waals surface area contributed by atoms with Crippen LogP contribution >= 0.6 is 0 Å². The van der Waals surface area contributed by atoms with E-state index in [1.165, 1.54) is 0 Å². The molecule has 24 heavy (non-hydrogen) atoms. The summed E-state index contributed by atoms with van der Waals surface area (Å²) < 4.78 is 5.42. The predicted molar refractivity (Wildman–Crippen MR) is 91.6 cm³/mol. The molecular formula is C19H26N2O3. The van der Waals surface area contributed by atoms with Gasteiger partial charge in [-0.2, -0.15) is 0 Å². The van der Waals surface area contributed by atoms with E-state index in [4.69, 9.17) is 4.74 Å². The van der Waals surface area contributed by atoms with Crippen molar-refractivity contribution in [2.75, 3.05) is 33.4 Å². The number of nitrogens with zero attached hydrogens (tertiary/aromatic N) is 1. The van der Waals surface area contributed by atoms with Crippen LogP contribution in [0.2, 0.25) is 0 Å². The fraction of sp³-hybridized carbons (Fsp3) is 0.579. The first-order valence-corrected chi connectivity index (χ1v) is 8.48. The van der Waals surface area contributed by atoms with Crippen molar-refractivity contribution in [2.24, 2.45) is 16.7 Å². The molecule has 3 rings (SSSR count). The summed E-state index contributed by atoms with van der Waals surface area (Å²) in [6, 6.07) is 8.97. The highest BCUT2D eigenvalue weighted by Gasteiger charge is 2.63. The molecule has 1 aliphatic carbocycles. The minimum Gasteiger partial charge on any atom is -0.384 e. The summed E-state index contributed by atoms with van der Waals surface area (Å²) in [6.45, 7) is 6.75. The van der Waals surface area contributed by atoms with E-state index in [1.807, 2.05) is 23.1 Å². The number of nitrogens with one attached hydrogen (secondary N) is 1. The van der Waals surface area contributed by atoms with Crippen molar-refractivity contribution >= 4 is 11.8 Å². The average Bonchev–Trinajstić information content (AvgIpc) is 2.88. The van der Waals surface area contributed by atoms with Gasteiger partial charge in [-0.05, 0) is 29.9 Å². The first kappa shape index (κ1) is 17.0. The summed E-state index contributed by atoms with van der Waals surface area (Å²) >= 11 is 0. The van der Waals surface area contributed by atoms with Gasteiger partial charge in [-0.1, -0.05) is 32.0 Å². The van der Waals surface area contributed by atoms with Crippen molar-refractivity contribution < 1.29 is 14.3 Å². The number of carbonyl (C=O) groups excluding carboxylic acids is 2. The molecule has 5 heteroatoms. The maximum atomic E-state index is 12.5. The number of methoxy groups -OCH3 is 1. The smallest absolute Gasteiger partial charge is 0.251 e. The highest BCUT2D eigenvalue weighted by molar-refractivity contribution is 5.96. The van der Waals surface area contributed by atoms with Gasteiger partial charge in [0.25, 0.3) is 5.91 Å². The van der Waals surface area contributed by atoms with E-state index in [-0.39, 0.29) is 29.2 Å². The monoisotopic (exact) mass is 330 g/mol. The molecule has 2 aliphatic rings. The molecule has 1 aliphatic heterocycles. The molecule has 0 radical (unpaired) electrons. The molecular weight excluding hydrogens is 304 g/mol. The third kappa shape index (κ3) is 2.93. The molecule has 2 amide bonds. The molecule has 1 heterocycles. The lowest BCUT2D eigenvalue weighted by Crippen LogP contribution is -2.55. The predicted octanol–water partition coefficient (Wildman–Crippen LogP) is 1.94. The Kier molecular flexibility index (Phi) is 4.38. The lowest BCUT2D eigenvalue weighted by Gasteiger charge is -2.56. The van der Waals surface area contributed by atoms with Crippen molar-refractivity contribution in [1.29, 1.82) is 0 Å². The second-order valence-electron chi connectivity index (χ2n) is 7.84. The van der Waals surface area contributed by atoms with Gasteiger partial charge >= 0.3 is 0 Å². The second kappa shape index (κ2) is 6.20. The summed E-state index contributed by atoms with van der Waals surface area (Å²) in [5.41, 5.74) is 0.918. The van der Waals surface area contributed by atoms with Gasteiger partial charge in [0.2, 0.25) is 5.91 Å². The van der Waals surface area contributed by atoms with Crippen LogP contribution in [-0.4, -0.2) is 50.1 Å². The van der Waals surface area contributed by atoms with E-state index in [2.05, 4.69) is 19.2 Å². The molecule has 2 fully saturated rings. The SMILES string of the molecule is COC[C@@]12CN(C(=O)CNC(=O)c3ccccc3)C[C@@H]1C(C)(C)C2. The van der Waals surface area contributed by atoms with Gasteiger partial charge in [-0.15, -0.1) is 0 Å². The number of carbonyl (C=O) groups is 2. The molecule has 0 aromatic heterocycles. The number of hydrogen-bond acceptors (Lipinski definition) is 3. The quantitative estimate of drug-likeness (QED) is 0.897. The zero-order chi connectivity index (χ0) is 17.4. The number of rotatable bonds is 5. The first-order valence-electron chi connectivity index (χ1n) is 8.48. The van der Waals surface area contributed by atoms with Gasteiger partial charge < -0.3 is 15.0 Å². The number of benzene rings is 1. The standard InChI is InChI=1S/C19H26N2O3/c1-18(2)11-19(13-24-3)12-21(10-15(18)19)16(22)9-20-17(23)14-7-5-4-6-8-14/h4-8,15H,9-13H2,1-3H3,(H,20,23)/t15-,19-/m1/s1. The van der Waals surface area contributed by atoms with Gasteiger partial charge in [-0.3, -0.25) is 9.59 Å². The molecule has 1 N–H and O–H groups in total. The Balaban J connectivity index is 1.58. The molecule has 0 unspecified atom stereocenters. The van der Waals surface area contributed by atoms with Crippen LogP contribution in [0.5, 0.6) is 0 Å². The van der Waals surface area contributed by atoms with Gasteiger partial charge in [0.05, 0.1) is 13.2 Å². The molecule has 1 saturated carbocycles. The summed E-state index contributed by atoms with van der Waals surface area (Å²) in [7, 11) is 1.72. The molecule has 0 bridgehead atoms. The molecule has 130 valence electrons. The minimum absolute atomic E-state index is 0.0139. The zero-order valence-electron chi connectivity index (χ0n) is 14.7. The Labute approximate surface area is 143 Å². The van der Waals surface area contributed by atoms with Gasteiger partial charge in [-0.25, -0.2) is 0 Å². The highest BCUT2D eigenvalue weighted by Crippen LogP contribution is 2.62. The van der Waals surface area contributed by atoms with Crippen LogP contribution in [0.25, 0.3) is 0 Å². The fourth-order valence-corrected chi connectivity index (χ4v) is 4.76. The van der Waals surface area contributed by atoms with Gasteiger partial charge in [0.15, 0.2) is 0 Å². The van der Waals surface area contributed by atoms with Gasteiger partial charge in [0, 0.05) is 31.2 Å². The van der Waals surface area contributed by atoms with E-state index < -0.39 is 0 Å². The Morgan fingerprint density at radius 1 is 1.29 bits per heavy atom. The third-order valence-corrected chi connectivity index (χ3v) is 5.62. The van der Waals surface area contributed by atoms with Gasteiger partial charge in [0.1, 0.15) is 0 Å². The van der Waals surface area contributed by atoms with Crippen LogP contribution < -0.4 is 5.32 Å². The molecule has 5 nitrogen and oxygen atoms in total. The largest absolute Gasteiger partial charge is 0.384 e. The van der Waals surface area contributed by atoms with Crippen molar-refractivity contribution in [1.82, 2.24) is 10.2 Å². The summed E-state index contributed by atoms with van der Waals surface area (Å²) in [5, 5.41) is 2.73. The number of likely N-dealkylation sites (tertiary alicyclic amines) is 1. The highest BCUT2D eigenvalue weighted by atomic mass is 16.5. The zero-order valence-corrected chi connectivity index (χ0v) is 14.7. The molecule has 0 spiro atoms. The van der Waals surface area contributed by atoms with Crippen molar-refractivity contribution in [3.05, 3.63) is 35.9 Å². The summed E-state index contributed by atoms with van der Waals surface area (Å²) in [6.07, 6.45) is 1.08. The van der Waals surface area contributed by atoms with Crippen LogP contribution in [0.4, 0.5) is 0 Å². The summed E-state index contributed by atoms with van der Waals surface area (Å²) in [4.78, 5) is 26.5. The number of fused-ring (bicyclic) bond motifs is 1. The van der Waals surface area contributed by atoms with Crippen molar-refractivity contribution in [3.8, 4) is 0 Å². The normalized spacial score (nSPS) is 27.3. The molecule has 1 saturated heterocycles. The van der Waals surface area contributed by atoms with E-state index in [1.54, 1.807) is 19.2 Å². The summed E-state index contributed by atoms with van der Waals surface area (Å²) in [5.74, 6) is 0.247. The second-order valence-corrected chi connectivity index (χ2v) is 7.84. The van der Waals surface area contributed by atoms with Crippen LogP contribution in [0, 0.1) is 16.7 Å². The molecule has 2 atom stereocenters.